The average molecular weight is 180 g/mol. The number of carbonyl (C=O) groups is 1. The summed E-state index contributed by atoms with van der Waals surface area (Å²) in [6, 6.07) is 0. The van der Waals surface area contributed by atoms with Gasteiger partial charge >= 0.3 is 0 Å². The van der Waals surface area contributed by atoms with Gasteiger partial charge < -0.3 is 15.5 Å². The molecule has 5 nitrogen and oxygen atoms in total. The third-order valence-corrected chi connectivity index (χ3v) is 1.81. The van der Waals surface area contributed by atoms with Gasteiger partial charge in [0, 0.05) is 0 Å². The van der Waals surface area contributed by atoms with Gasteiger partial charge in [-0.1, -0.05) is 6.92 Å². The van der Waals surface area contributed by atoms with Crippen LogP contribution in [-0.4, -0.2) is 40.0 Å². The molecule has 0 aliphatic carbocycles. The van der Waals surface area contributed by atoms with Crippen molar-refractivity contribution in [1.82, 2.24) is 4.90 Å². The second-order valence-corrected chi connectivity index (χ2v) is 3.15. The molecule has 0 saturated carbocycles. The lowest BCUT2D eigenvalue weighted by atomic mass is 10.5. The molecule has 0 heterocycles. The molecule has 0 aliphatic heterocycles. The van der Waals surface area contributed by atoms with Crippen LogP contribution in [-0.2, 0) is 4.79 Å². The van der Waals surface area contributed by atoms with Crippen molar-refractivity contribution in [3.8, 4) is 0 Å². The lowest BCUT2D eigenvalue weighted by Crippen LogP contribution is -2.33. The van der Waals surface area contributed by atoms with Crippen LogP contribution in [0.4, 0.5) is 0 Å². The van der Waals surface area contributed by atoms with Gasteiger partial charge in [-0.05, 0) is 6.54 Å². The zero-order valence-electron chi connectivity index (χ0n) is 6.40. The molecule has 0 aromatic heterocycles. The molecule has 1 amide bonds. The molecular weight excluding hydrogens is 167 g/mol. The van der Waals surface area contributed by atoms with Gasteiger partial charge in [0.2, 0.25) is 5.91 Å². The van der Waals surface area contributed by atoms with Gasteiger partial charge in [-0.25, -0.2) is 0 Å². The molecule has 0 aliphatic rings. The normalized spacial score (nSPS) is 11.0. The largest absolute Gasteiger partial charge is 0.369 e. The van der Waals surface area contributed by atoms with E-state index in [2.05, 4.69) is 0 Å². The van der Waals surface area contributed by atoms with Crippen molar-refractivity contribution < 1.29 is 14.6 Å². The maximum absolute atomic E-state index is 10.4. The molecular formula is C5H13N2O3P. The second-order valence-electron chi connectivity index (χ2n) is 2.13. The van der Waals surface area contributed by atoms with Crippen LogP contribution in [0.5, 0.6) is 0 Å². The summed E-state index contributed by atoms with van der Waals surface area (Å²) < 4.78 is 0. The summed E-state index contributed by atoms with van der Waals surface area (Å²) in [5, 5.41) is 0. The second kappa shape index (κ2) is 5.43. The number of hydrogen-bond acceptors (Lipinski definition) is 4. The van der Waals surface area contributed by atoms with E-state index in [9.17, 15) is 4.79 Å². The van der Waals surface area contributed by atoms with E-state index in [1.807, 2.05) is 6.92 Å². The minimum atomic E-state index is -1.96. The predicted molar refractivity (Wildman–Crippen MR) is 42.7 cm³/mol. The average Bonchev–Trinajstić information content (AvgIpc) is 1.84. The maximum atomic E-state index is 10.4. The zero-order valence-corrected chi connectivity index (χ0v) is 7.29. The summed E-state index contributed by atoms with van der Waals surface area (Å²) in [5.41, 5.74) is 4.91. The van der Waals surface area contributed by atoms with Crippen molar-refractivity contribution in [2.24, 2.45) is 5.73 Å². The predicted octanol–water partition coefficient (Wildman–Crippen LogP) is -0.952. The molecule has 11 heavy (non-hydrogen) atoms. The Kier molecular flexibility index (Phi) is 5.32. The van der Waals surface area contributed by atoms with Crippen molar-refractivity contribution in [1.29, 1.82) is 0 Å². The smallest absolute Gasteiger partial charge is 0.231 e. The fourth-order valence-corrected chi connectivity index (χ4v) is 1.32. The Labute approximate surface area is 66.7 Å². The third kappa shape index (κ3) is 6.19. The number of hydrogen-bond donors (Lipinski definition) is 3. The Morgan fingerprint density at radius 1 is 1.64 bits per heavy atom. The van der Waals surface area contributed by atoms with Crippen LogP contribution >= 0.6 is 8.38 Å². The van der Waals surface area contributed by atoms with Crippen molar-refractivity contribution in [2.45, 2.75) is 6.92 Å². The molecule has 0 saturated heterocycles. The van der Waals surface area contributed by atoms with E-state index in [0.29, 0.717) is 6.54 Å². The van der Waals surface area contributed by atoms with E-state index in [1.165, 1.54) is 0 Å². The van der Waals surface area contributed by atoms with Gasteiger partial charge in [-0.3, -0.25) is 9.69 Å². The lowest BCUT2D eigenvalue weighted by molar-refractivity contribution is -0.118. The highest BCUT2D eigenvalue weighted by Crippen LogP contribution is 2.23. The van der Waals surface area contributed by atoms with Crippen molar-refractivity contribution in [3.05, 3.63) is 0 Å². The quantitative estimate of drug-likeness (QED) is 0.476. The summed E-state index contributed by atoms with van der Waals surface area (Å²) in [5.74, 6) is -0.455. The van der Waals surface area contributed by atoms with E-state index in [0.717, 1.165) is 0 Å². The number of nitrogens with two attached hydrogens (primary N) is 1. The van der Waals surface area contributed by atoms with Gasteiger partial charge in [0.15, 0.2) is 8.38 Å². The first-order chi connectivity index (χ1) is 5.06. The van der Waals surface area contributed by atoms with E-state index in [4.69, 9.17) is 15.5 Å². The minimum Gasteiger partial charge on any atom is -0.369 e. The number of nitrogens with zero attached hydrogens (tertiary/aromatic N) is 1. The minimum absolute atomic E-state index is 0.0798. The molecule has 0 rings (SSSR count). The highest BCUT2D eigenvalue weighted by molar-refractivity contribution is 7.44. The maximum Gasteiger partial charge on any atom is 0.231 e. The summed E-state index contributed by atoms with van der Waals surface area (Å²) >= 11 is 0. The van der Waals surface area contributed by atoms with Crippen LogP contribution in [0.2, 0.25) is 0 Å². The van der Waals surface area contributed by atoms with E-state index in [1.54, 1.807) is 4.90 Å². The summed E-state index contributed by atoms with van der Waals surface area (Å²) in [6.45, 7) is 2.49. The topological polar surface area (TPSA) is 86.8 Å². The molecule has 4 N–H and O–H groups in total. The summed E-state index contributed by atoms with van der Waals surface area (Å²) in [4.78, 5) is 29.1. The zero-order chi connectivity index (χ0) is 8.85. The number of likely N-dealkylation sites (N-methyl/N-ethyl adjacent to an activating group) is 1. The first-order valence-electron chi connectivity index (χ1n) is 3.22. The lowest BCUT2D eigenvalue weighted by Gasteiger charge is -2.18. The first kappa shape index (κ1) is 10.8. The molecule has 0 fully saturated rings. The Bertz CT molecular complexity index is 131. The molecule has 0 bridgehead atoms. The molecule has 0 spiro atoms. The van der Waals surface area contributed by atoms with Crippen LogP contribution in [0.25, 0.3) is 0 Å². The molecule has 66 valence electrons. The van der Waals surface area contributed by atoms with Crippen LogP contribution < -0.4 is 5.73 Å². The molecule has 0 atom stereocenters. The van der Waals surface area contributed by atoms with Crippen molar-refractivity contribution in [2.75, 3.05) is 19.4 Å². The molecule has 0 aromatic carbocycles. The Morgan fingerprint density at radius 3 is 2.45 bits per heavy atom. The Hall–Kier alpha value is -0.220. The highest BCUT2D eigenvalue weighted by atomic mass is 31.2. The Morgan fingerprint density at radius 2 is 2.18 bits per heavy atom. The van der Waals surface area contributed by atoms with Crippen LogP contribution in [0.1, 0.15) is 6.92 Å². The SMILES string of the molecule is CCN(CC(N)=O)CP(O)O. The van der Waals surface area contributed by atoms with E-state index < -0.39 is 14.3 Å². The van der Waals surface area contributed by atoms with E-state index in [-0.39, 0.29) is 12.8 Å². The monoisotopic (exact) mass is 180 g/mol. The van der Waals surface area contributed by atoms with Gasteiger partial charge in [-0.2, -0.15) is 0 Å². The van der Waals surface area contributed by atoms with Gasteiger partial charge in [-0.15, -0.1) is 0 Å². The molecule has 0 unspecified atom stereocenters. The number of carbonyl (C=O) groups excluding carboxylic acids is 1. The summed E-state index contributed by atoms with van der Waals surface area (Å²) in [6.07, 6.45) is 0.120. The Balaban J connectivity index is 3.66. The van der Waals surface area contributed by atoms with Crippen LogP contribution in [0.15, 0.2) is 0 Å². The molecule has 6 heteroatoms. The number of rotatable bonds is 5. The molecule has 0 radical (unpaired) electrons. The van der Waals surface area contributed by atoms with Gasteiger partial charge in [0.1, 0.15) is 0 Å². The number of primary amides is 1. The van der Waals surface area contributed by atoms with Crippen molar-refractivity contribution >= 4 is 14.3 Å². The standard InChI is InChI=1S/C5H13N2O3P/c1-2-7(3-5(6)8)4-11(9)10/h9-10H,2-4H2,1H3,(H2,6,8). The first-order valence-corrected chi connectivity index (χ1v) is 4.65. The van der Waals surface area contributed by atoms with Crippen molar-refractivity contribution in [3.63, 3.8) is 0 Å². The van der Waals surface area contributed by atoms with Gasteiger partial charge in [0.25, 0.3) is 0 Å². The third-order valence-electron chi connectivity index (χ3n) is 1.15. The highest BCUT2D eigenvalue weighted by Gasteiger charge is 2.09. The van der Waals surface area contributed by atoms with Gasteiger partial charge in [0.05, 0.1) is 12.8 Å². The fraction of sp³-hybridized carbons (Fsp3) is 0.800. The number of amides is 1. The summed E-state index contributed by atoms with van der Waals surface area (Å²) in [7, 11) is -1.96. The molecule has 0 aromatic rings. The fourth-order valence-electron chi connectivity index (χ4n) is 0.661. The van der Waals surface area contributed by atoms with E-state index >= 15 is 0 Å². The van der Waals surface area contributed by atoms with Crippen LogP contribution in [0, 0.1) is 0 Å². The van der Waals surface area contributed by atoms with Crippen LogP contribution in [0.3, 0.4) is 0 Å².